The van der Waals surface area contributed by atoms with E-state index in [1.165, 1.54) is 17.5 Å². The van der Waals surface area contributed by atoms with Crippen molar-refractivity contribution in [3.8, 4) is 0 Å². The van der Waals surface area contributed by atoms with Gasteiger partial charge in [0.15, 0.2) is 0 Å². The first kappa shape index (κ1) is 12.0. The Morgan fingerprint density at radius 2 is 2.06 bits per heavy atom. The summed E-state index contributed by atoms with van der Waals surface area (Å²) in [6, 6.07) is 6.17. The predicted molar refractivity (Wildman–Crippen MR) is 72.2 cm³/mol. The van der Waals surface area contributed by atoms with Gasteiger partial charge in [-0.1, -0.05) is 27.2 Å². The minimum atomic E-state index is 0.113. The van der Waals surface area contributed by atoms with Crippen molar-refractivity contribution in [2.24, 2.45) is 0 Å². The lowest BCUT2D eigenvalue weighted by Gasteiger charge is -2.25. The van der Waals surface area contributed by atoms with Crippen molar-refractivity contribution in [3.05, 3.63) is 35.8 Å². The fraction of sp³-hybridized carbons (Fsp3) is 0.467. The molecule has 2 nitrogen and oxygen atoms in total. The van der Waals surface area contributed by atoms with Crippen LogP contribution in [0.15, 0.2) is 24.4 Å². The van der Waals surface area contributed by atoms with E-state index >= 15 is 0 Å². The van der Waals surface area contributed by atoms with Crippen LogP contribution in [0.5, 0.6) is 0 Å². The first-order valence-corrected chi connectivity index (χ1v) is 6.27. The molecular formula is C15H20N2. The molecular weight excluding hydrogens is 208 g/mol. The van der Waals surface area contributed by atoms with E-state index in [1.807, 2.05) is 19.2 Å². The van der Waals surface area contributed by atoms with E-state index in [-0.39, 0.29) is 5.41 Å². The summed E-state index contributed by atoms with van der Waals surface area (Å²) in [5.41, 5.74) is 3.40. The van der Waals surface area contributed by atoms with Gasteiger partial charge >= 0.3 is 0 Å². The Morgan fingerprint density at radius 3 is 2.76 bits per heavy atom. The topological polar surface area (TPSA) is 25.8 Å². The molecule has 0 amide bonds. The highest BCUT2D eigenvalue weighted by Gasteiger charge is 2.23. The molecule has 90 valence electrons. The maximum absolute atomic E-state index is 4.75. The molecule has 0 aromatic carbocycles. The number of hydrogen-bond donors (Lipinski definition) is 0. The van der Waals surface area contributed by atoms with Crippen molar-refractivity contribution in [3.63, 3.8) is 0 Å². The molecule has 0 saturated heterocycles. The van der Waals surface area contributed by atoms with Gasteiger partial charge in [0.2, 0.25) is 0 Å². The lowest BCUT2D eigenvalue weighted by atomic mass is 9.82. The van der Waals surface area contributed by atoms with Gasteiger partial charge in [-0.3, -0.25) is 9.97 Å². The molecule has 0 fully saturated rings. The molecule has 2 heterocycles. The zero-order chi connectivity index (χ0) is 12.5. The number of aromatic nitrogens is 2. The summed E-state index contributed by atoms with van der Waals surface area (Å²) >= 11 is 0. The molecule has 0 aliphatic carbocycles. The summed E-state index contributed by atoms with van der Waals surface area (Å²) in [5.74, 6) is 0. The Bertz CT molecular complexity index is 529. The Labute approximate surface area is 103 Å². The summed E-state index contributed by atoms with van der Waals surface area (Å²) in [5, 5.41) is 1.19. The molecule has 0 unspecified atom stereocenters. The van der Waals surface area contributed by atoms with Crippen LogP contribution >= 0.6 is 0 Å². The summed E-state index contributed by atoms with van der Waals surface area (Å²) in [7, 11) is 0. The van der Waals surface area contributed by atoms with Crippen LogP contribution < -0.4 is 0 Å². The van der Waals surface area contributed by atoms with Crippen LogP contribution in [0, 0.1) is 6.92 Å². The molecule has 0 aliphatic rings. The third-order valence-corrected chi connectivity index (χ3v) is 3.24. The first-order valence-electron chi connectivity index (χ1n) is 6.27. The van der Waals surface area contributed by atoms with Crippen molar-refractivity contribution >= 4 is 10.9 Å². The number of fused-ring (bicyclic) bond motifs is 1. The van der Waals surface area contributed by atoms with E-state index in [1.54, 1.807) is 0 Å². The van der Waals surface area contributed by atoms with Crippen LogP contribution in [-0.2, 0) is 5.41 Å². The van der Waals surface area contributed by atoms with Gasteiger partial charge in [-0.25, -0.2) is 0 Å². The van der Waals surface area contributed by atoms with E-state index in [9.17, 15) is 0 Å². The maximum atomic E-state index is 4.75. The summed E-state index contributed by atoms with van der Waals surface area (Å²) < 4.78 is 0. The quantitative estimate of drug-likeness (QED) is 0.793. The molecule has 0 radical (unpaired) electrons. The lowest BCUT2D eigenvalue weighted by molar-refractivity contribution is 0.463. The van der Waals surface area contributed by atoms with Gasteiger partial charge in [0.1, 0.15) is 0 Å². The molecule has 2 rings (SSSR count). The summed E-state index contributed by atoms with van der Waals surface area (Å²) in [6.07, 6.45) is 4.16. The Balaban J connectivity index is 2.67. The van der Waals surface area contributed by atoms with Crippen molar-refractivity contribution < 1.29 is 0 Å². The minimum Gasteiger partial charge on any atom is -0.257 e. The van der Waals surface area contributed by atoms with E-state index < -0.39 is 0 Å². The summed E-state index contributed by atoms with van der Waals surface area (Å²) in [6.45, 7) is 8.80. The number of aryl methyl sites for hydroxylation is 1. The predicted octanol–water partition coefficient (Wildman–Crippen LogP) is 4.02. The zero-order valence-electron chi connectivity index (χ0n) is 11.1. The number of hydrogen-bond acceptors (Lipinski definition) is 2. The second kappa shape index (κ2) is 4.44. The largest absolute Gasteiger partial charge is 0.257 e. The highest BCUT2D eigenvalue weighted by Crippen LogP contribution is 2.32. The third-order valence-electron chi connectivity index (χ3n) is 3.24. The van der Waals surface area contributed by atoms with Crippen LogP contribution in [0.25, 0.3) is 10.9 Å². The molecule has 0 N–H and O–H groups in total. The van der Waals surface area contributed by atoms with E-state index in [4.69, 9.17) is 4.98 Å². The fourth-order valence-electron chi connectivity index (χ4n) is 2.46. The highest BCUT2D eigenvalue weighted by atomic mass is 14.8. The molecule has 0 saturated carbocycles. The van der Waals surface area contributed by atoms with Gasteiger partial charge in [-0.2, -0.15) is 0 Å². The Kier molecular flexibility index (Phi) is 3.14. The normalized spacial score (nSPS) is 12.0. The van der Waals surface area contributed by atoms with Gasteiger partial charge in [0, 0.05) is 22.7 Å². The van der Waals surface area contributed by atoms with Crippen LogP contribution in [0.3, 0.4) is 0 Å². The second-order valence-corrected chi connectivity index (χ2v) is 5.32. The number of nitrogens with zero attached hydrogens (tertiary/aromatic N) is 2. The average molecular weight is 228 g/mol. The van der Waals surface area contributed by atoms with Crippen molar-refractivity contribution in [2.45, 2.75) is 46.0 Å². The zero-order valence-corrected chi connectivity index (χ0v) is 11.1. The molecule has 2 aromatic heterocycles. The number of rotatable bonds is 3. The van der Waals surface area contributed by atoms with E-state index in [0.29, 0.717) is 0 Å². The lowest BCUT2D eigenvalue weighted by Crippen LogP contribution is -2.19. The first-order chi connectivity index (χ1) is 8.04. The smallest absolute Gasteiger partial charge is 0.0738 e. The van der Waals surface area contributed by atoms with Crippen molar-refractivity contribution in [1.29, 1.82) is 0 Å². The molecule has 2 heteroatoms. The molecule has 0 atom stereocenters. The monoisotopic (exact) mass is 228 g/mol. The molecule has 0 bridgehead atoms. The second-order valence-electron chi connectivity index (χ2n) is 5.32. The molecule has 2 aromatic rings. The number of pyridine rings is 2. The Hall–Kier alpha value is -1.44. The summed E-state index contributed by atoms with van der Waals surface area (Å²) in [4.78, 5) is 9.19. The van der Waals surface area contributed by atoms with Gasteiger partial charge in [-0.05, 0) is 31.5 Å². The molecule has 0 spiro atoms. The van der Waals surface area contributed by atoms with Crippen molar-refractivity contribution in [2.75, 3.05) is 0 Å². The van der Waals surface area contributed by atoms with Crippen LogP contribution in [-0.4, -0.2) is 9.97 Å². The third kappa shape index (κ3) is 2.31. The van der Waals surface area contributed by atoms with E-state index in [2.05, 4.69) is 37.9 Å². The van der Waals surface area contributed by atoms with Gasteiger partial charge < -0.3 is 0 Å². The minimum absolute atomic E-state index is 0.113. The van der Waals surface area contributed by atoms with Gasteiger partial charge in [-0.15, -0.1) is 0 Å². The van der Waals surface area contributed by atoms with Gasteiger partial charge in [0.05, 0.1) is 11.2 Å². The molecule has 0 aliphatic heterocycles. The standard InChI is InChI=1S/C15H20N2/c1-5-8-15(3,4)14-12-7-6-9-16-13(12)10-11(2)17-14/h6-7,9-10H,5,8H2,1-4H3. The van der Waals surface area contributed by atoms with E-state index in [0.717, 1.165) is 17.6 Å². The van der Waals surface area contributed by atoms with Crippen LogP contribution in [0.4, 0.5) is 0 Å². The fourth-order valence-corrected chi connectivity index (χ4v) is 2.46. The van der Waals surface area contributed by atoms with Crippen molar-refractivity contribution in [1.82, 2.24) is 9.97 Å². The van der Waals surface area contributed by atoms with Gasteiger partial charge in [0.25, 0.3) is 0 Å². The van der Waals surface area contributed by atoms with Crippen LogP contribution in [0.1, 0.15) is 45.0 Å². The highest BCUT2D eigenvalue weighted by molar-refractivity contribution is 5.81. The average Bonchev–Trinajstić information content (AvgIpc) is 2.27. The van der Waals surface area contributed by atoms with Crippen LogP contribution in [0.2, 0.25) is 0 Å². The maximum Gasteiger partial charge on any atom is 0.0738 e. The molecule has 17 heavy (non-hydrogen) atoms. The SMILES string of the molecule is CCCC(C)(C)c1nc(C)cc2ncccc12. The Morgan fingerprint density at radius 1 is 1.29 bits per heavy atom.